The molecule has 160 valence electrons. The Morgan fingerprint density at radius 2 is 2.07 bits per heavy atom. The van der Waals surface area contributed by atoms with E-state index < -0.39 is 17.9 Å². The SMILES string of the molecule is Cc1nonc1CC(=O)N1CCC[C@@H]1c1cc2nc(C(C)C)cc(C(F)(F)F)n2n1. The van der Waals surface area contributed by atoms with Crippen molar-refractivity contribution < 1.29 is 22.6 Å². The third-order valence-corrected chi connectivity index (χ3v) is 5.33. The normalized spacial score (nSPS) is 17.4. The fourth-order valence-electron chi connectivity index (χ4n) is 3.70. The number of hydrogen-bond acceptors (Lipinski definition) is 6. The van der Waals surface area contributed by atoms with Crippen LogP contribution in [0.5, 0.6) is 0 Å². The molecule has 0 radical (unpaired) electrons. The van der Waals surface area contributed by atoms with Crippen LogP contribution < -0.4 is 0 Å². The first-order valence-corrected chi connectivity index (χ1v) is 9.70. The topological polar surface area (TPSA) is 89.4 Å². The highest BCUT2D eigenvalue weighted by Gasteiger charge is 2.37. The first kappa shape index (κ1) is 20.3. The molecule has 0 saturated carbocycles. The number of likely N-dealkylation sites (tertiary alicyclic amines) is 1. The number of amides is 1. The molecule has 0 unspecified atom stereocenters. The Labute approximate surface area is 170 Å². The first-order chi connectivity index (χ1) is 14.1. The minimum atomic E-state index is -4.57. The molecule has 1 amide bonds. The molecule has 1 fully saturated rings. The second kappa shape index (κ2) is 7.37. The lowest BCUT2D eigenvalue weighted by Gasteiger charge is -2.23. The lowest BCUT2D eigenvalue weighted by atomic mass is 10.1. The van der Waals surface area contributed by atoms with E-state index in [0.717, 1.165) is 17.0 Å². The molecule has 0 N–H and O–H groups in total. The van der Waals surface area contributed by atoms with Crippen molar-refractivity contribution in [1.29, 1.82) is 0 Å². The van der Waals surface area contributed by atoms with Gasteiger partial charge < -0.3 is 4.90 Å². The van der Waals surface area contributed by atoms with Gasteiger partial charge in [-0.05, 0) is 31.7 Å². The summed E-state index contributed by atoms with van der Waals surface area (Å²) in [6.07, 6.45) is -3.21. The highest BCUT2D eigenvalue weighted by Crippen LogP contribution is 2.35. The Bertz CT molecular complexity index is 1090. The number of hydrogen-bond donors (Lipinski definition) is 0. The predicted molar refractivity (Wildman–Crippen MR) is 98.5 cm³/mol. The number of carbonyl (C=O) groups excluding carboxylic acids is 1. The van der Waals surface area contributed by atoms with Gasteiger partial charge in [0, 0.05) is 18.3 Å². The lowest BCUT2D eigenvalue weighted by Crippen LogP contribution is -2.32. The smallest absolute Gasteiger partial charge is 0.334 e. The maximum Gasteiger partial charge on any atom is 0.433 e. The maximum atomic E-state index is 13.6. The van der Waals surface area contributed by atoms with Gasteiger partial charge in [0.05, 0.1) is 18.2 Å². The van der Waals surface area contributed by atoms with Gasteiger partial charge >= 0.3 is 6.18 Å². The van der Waals surface area contributed by atoms with Crippen molar-refractivity contribution in [3.05, 3.63) is 40.6 Å². The average Bonchev–Trinajstić information content (AvgIpc) is 3.38. The molecule has 0 spiro atoms. The van der Waals surface area contributed by atoms with Gasteiger partial charge in [0.25, 0.3) is 0 Å². The van der Waals surface area contributed by atoms with E-state index in [4.69, 9.17) is 0 Å². The Hall–Kier alpha value is -2.98. The van der Waals surface area contributed by atoms with Gasteiger partial charge in [0.15, 0.2) is 5.65 Å². The zero-order chi connectivity index (χ0) is 21.6. The molecule has 4 rings (SSSR count). The monoisotopic (exact) mass is 422 g/mol. The van der Waals surface area contributed by atoms with Gasteiger partial charge in [-0.25, -0.2) is 14.1 Å². The highest BCUT2D eigenvalue weighted by atomic mass is 19.4. The number of aryl methyl sites for hydroxylation is 1. The van der Waals surface area contributed by atoms with Crippen LogP contribution in [-0.2, 0) is 17.4 Å². The van der Waals surface area contributed by atoms with Gasteiger partial charge in [-0.3, -0.25) is 4.79 Å². The van der Waals surface area contributed by atoms with E-state index in [9.17, 15) is 18.0 Å². The minimum absolute atomic E-state index is 0.0166. The van der Waals surface area contributed by atoms with Crippen LogP contribution in [0.25, 0.3) is 5.65 Å². The van der Waals surface area contributed by atoms with Gasteiger partial charge in [0.2, 0.25) is 5.91 Å². The summed E-state index contributed by atoms with van der Waals surface area (Å²) in [7, 11) is 0. The van der Waals surface area contributed by atoms with E-state index in [1.807, 2.05) is 0 Å². The minimum Gasteiger partial charge on any atom is -0.334 e. The van der Waals surface area contributed by atoms with Crippen molar-refractivity contribution in [3.63, 3.8) is 0 Å². The quantitative estimate of drug-likeness (QED) is 0.640. The number of fused-ring (bicyclic) bond motifs is 1. The van der Waals surface area contributed by atoms with E-state index in [2.05, 4.69) is 25.0 Å². The maximum absolute atomic E-state index is 13.6. The molecule has 1 aliphatic rings. The number of carbonyl (C=O) groups is 1. The molecule has 3 aromatic rings. The molecule has 8 nitrogen and oxygen atoms in total. The lowest BCUT2D eigenvalue weighted by molar-refractivity contribution is -0.142. The standard InChI is InChI=1S/C19H21F3N6O2/c1-10(2)12-7-16(19(20,21)22)28-17(23-12)8-14(24-28)15-5-4-6-27(15)18(29)9-13-11(3)25-30-26-13/h7-8,10,15H,4-6,9H2,1-3H3/t15-/m1/s1. The number of rotatable bonds is 4. The summed E-state index contributed by atoms with van der Waals surface area (Å²) in [5.74, 6) is -0.362. The third-order valence-electron chi connectivity index (χ3n) is 5.33. The van der Waals surface area contributed by atoms with Gasteiger partial charge in [-0.15, -0.1) is 0 Å². The van der Waals surface area contributed by atoms with Crippen LogP contribution in [-0.4, -0.2) is 42.3 Å². The molecule has 0 aliphatic carbocycles. The third kappa shape index (κ3) is 3.63. The number of nitrogens with zero attached hydrogens (tertiary/aromatic N) is 6. The molecule has 0 aromatic carbocycles. The molecule has 3 aromatic heterocycles. The zero-order valence-corrected chi connectivity index (χ0v) is 16.8. The second-order valence-electron chi connectivity index (χ2n) is 7.78. The van der Waals surface area contributed by atoms with Gasteiger partial charge in [-0.1, -0.05) is 24.2 Å². The molecular weight excluding hydrogens is 401 g/mol. The van der Waals surface area contributed by atoms with Crippen molar-refractivity contribution >= 4 is 11.6 Å². The molecule has 1 atom stereocenters. The van der Waals surface area contributed by atoms with Crippen LogP contribution in [0.1, 0.15) is 67.1 Å². The fourth-order valence-corrected chi connectivity index (χ4v) is 3.70. The summed E-state index contributed by atoms with van der Waals surface area (Å²) in [6.45, 7) is 5.76. The largest absolute Gasteiger partial charge is 0.433 e. The predicted octanol–water partition coefficient (Wildman–Crippen LogP) is 3.47. The summed E-state index contributed by atoms with van der Waals surface area (Å²) in [6, 6.07) is 2.16. The van der Waals surface area contributed by atoms with E-state index in [1.165, 1.54) is 0 Å². The van der Waals surface area contributed by atoms with Crippen molar-refractivity contribution in [1.82, 2.24) is 29.8 Å². The van der Waals surface area contributed by atoms with Crippen LogP contribution in [0.4, 0.5) is 13.2 Å². The van der Waals surface area contributed by atoms with Crippen LogP contribution >= 0.6 is 0 Å². The highest BCUT2D eigenvalue weighted by molar-refractivity contribution is 5.79. The summed E-state index contributed by atoms with van der Waals surface area (Å²) < 4.78 is 46.3. The van der Waals surface area contributed by atoms with Gasteiger partial charge in [0.1, 0.15) is 17.1 Å². The number of halogens is 3. The van der Waals surface area contributed by atoms with E-state index in [-0.39, 0.29) is 23.9 Å². The van der Waals surface area contributed by atoms with Crippen molar-refractivity contribution in [2.75, 3.05) is 6.54 Å². The Balaban J connectivity index is 1.69. The zero-order valence-electron chi connectivity index (χ0n) is 16.8. The summed E-state index contributed by atoms with van der Waals surface area (Å²) in [5, 5.41) is 11.6. The van der Waals surface area contributed by atoms with Crippen molar-refractivity contribution in [3.8, 4) is 0 Å². The summed E-state index contributed by atoms with van der Waals surface area (Å²) in [4.78, 5) is 18.8. The summed E-state index contributed by atoms with van der Waals surface area (Å²) >= 11 is 0. The van der Waals surface area contributed by atoms with Gasteiger partial charge in [-0.2, -0.15) is 18.3 Å². The van der Waals surface area contributed by atoms with Crippen molar-refractivity contribution in [2.45, 2.75) is 58.2 Å². The summed E-state index contributed by atoms with van der Waals surface area (Å²) in [5.41, 5.74) is 0.974. The van der Waals surface area contributed by atoms with E-state index in [0.29, 0.717) is 35.7 Å². The molecule has 11 heteroatoms. The molecular formula is C19H21F3N6O2. The average molecular weight is 422 g/mol. The van der Waals surface area contributed by atoms with Crippen LogP contribution in [0.3, 0.4) is 0 Å². The van der Waals surface area contributed by atoms with E-state index in [1.54, 1.807) is 31.7 Å². The number of aromatic nitrogens is 5. The Kier molecular flexibility index (Phi) is 4.99. The second-order valence-corrected chi connectivity index (χ2v) is 7.78. The van der Waals surface area contributed by atoms with Crippen LogP contribution in [0.15, 0.2) is 16.8 Å². The molecule has 0 bridgehead atoms. The van der Waals surface area contributed by atoms with Crippen molar-refractivity contribution in [2.24, 2.45) is 0 Å². The molecule has 30 heavy (non-hydrogen) atoms. The first-order valence-electron chi connectivity index (χ1n) is 9.70. The Morgan fingerprint density at radius 1 is 1.30 bits per heavy atom. The van der Waals surface area contributed by atoms with Crippen LogP contribution in [0.2, 0.25) is 0 Å². The van der Waals surface area contributed by atoms with Crippen LogP contribution in [0, 0.1) is 6.92 Å². The number of alkyl halides is 3. The van der Waals surface area contributed by atoms with E-state index >= 15 is 0 Å². The molecule has 4 heterocycles. The fraction of sp³-hybridized carbons (Fsp3) is 0.526. The molecule has 1 saturated heterocycles. The molecule has 1 aliphatic heterocycles. The Morgan fingerprint density at radius 3 is 2.70 bits per heavy atom.